The maximum atomic E-state index is 13.6. The lowest BCUT2D eigenvalue weighted by atomic mass is 10.1. The third kappa shape index (κ3) is 3.92. The third-order valence-electron chi connectivity index (χ3n) is 3.39. The van der Waals surface area contributed by atoms with Gasteiger partial charge in [-0.3, -0.25) is 4.90 Å². The summed E-state index contributed by atoms with van der Waals surface area (Å²) in [7, 11) is 0. The van der Waals surface area contributed by atoms with Crippen molar-refractivity contribution in [1.82, 2.24) is 4.90 Å². The zero-order chi connectivity index (χ0) is 14.4. The van der Waals surface area contributed by atoms with Crippen LogP contribution in [0.4, 0.5) is 4.39 Å². The number of aliphatic hydroxyl groups excluding tert-OH is 1. The fraction of sp³-hybridized carbons (Fsp3) is 0.375. The minimum absolute atomic E-state index is 0.353. The van der Waals surface area contributed by atoms with Gasteiger partial charge >= 0.3 is 0 Å². The molecule has 0 aliphatic carbocycles. The van der Waals surface area contributed by atoms with E-state index in [0.29, 0.717) is 25.1 Å². The monoisotopic (exact) mass is 277 g/mol. The number of furan rings is 1. The Kier molecular flexibility index (Phi) is 5.32. The highest BCUT2D eigenvalue weighted by Crippen LogP contribution is 2.20. The second kappa shape index (κ2) is 7.22. The van der Waals surface area contributed by atoms with E-state index < -0.39 is 6.10 Å². The van der Waals surface area contributed by atoms with Crippen LogP contribution in [0.5, 0.6) is 0 Å². The zero-order valence-corrected chi connectivity index (χ0v) is 11.6. The van der Waals surface area contributed by atoms with E-state index in [0.717, 1.165) is 12.3 Å². The van der Waals surface area contributed by atoms with Crippen molar-refractivity contribution >= 4 is 0 Å². The molecule has 1 aromatic carbocycles. The van der Waals surface area contributed by atoms with Crippen molar-refractivity contribution in [3.63, 3.8) is 0 Å². The molecule has 0 aliphatic rings. The van der Waals surface area contributed by atoms with Crippen molar-refractivity contribution in [2.24, 2.45) is 0 Å². The van der Waals surface area contributed by atoms with Crippen molar-refractivity contribution in [3.8, 4) is 0 Å². The molecule has 1 heterocycles. The maximum absolute atomic E-state index is 13.6. The van der Waals surface area contributed by atoms with Crippen molar-refractivity contribution < 1.29 is 13.9 Å². The molecule has 1 aromatic heterocycles. The first-order valence-electron chi connectivity index (χ1n) is 6.88. The van der Waals surface area contributed by atoms with Crippen LogP contribution >= 0.6 is 0 Å². The quantitative estimate of drug-likeness (QED) is 0.843. The predicted octanol–water partition coefficient (Wildman–Crippen LogP) is 3.36. The molecule has 0 bridgehead atoms. The first kappa shape index (κ1) is 14.8. The minimum atomic E-state index is -0.776. The minimum Gasteiger partial charge on any atom is -0.468 e. The van der Waals surface area contributed by atoms with Crippen LogP contribution in [-0.4, -0.2) is 23.1 Å². The van der Waals surface area contributed by atoms with Crippen LogP contribution in [0.25, 0.3) is 0 Å². The Bertz CT molecular complexity index is 513. The molecule has 0 radical (unpaired) electrons. The fourth-order valence-electron chi connectivity index (χ4n) is 2.18. The summed E-state index contributed by atoms with van der Waals surface area (Å²) in [6.45, 7) is 4.29. The zero-order valence-electron chi connectivity index (χ0n) is 11.6. The molecular formula is C16H20FNO2. The molecule has 0 fully saturated rings. The Morgan fingerprint density at radius 1 is 1.25 bits per heavy atom. The molecule has 0 aliphatic heterocycles. The van der Waals surface area contributed by atoms with Gasteiger partial charge in [-0.15, -0.1) is 0 Å². The number of nitrogens with zero attached hydrogens (tertiary/aromatic N) is 1. The smallest absolute Gasteiger partial charge is 0.128 e. The van der Waals surface area contributed by atoms with E-state index >= 15 is 0 Å². The van der Waals surface area contributed by atoms with Gasteiger partial charge in [0.25, 0.3) is 0 Å². The molecule has 1 N–H and O–H groups in total. The Morgan fingerprint density at radius 3 is 2.70 bits per heavy atom. The number of benzene rings is 1. The highest BCUT2D eigenvalue weighted by atomic mass is 19.1. The molecular weight excluding hydrogens is 257 g/mol. The Labute approximate surface area is 118 Å². The molecule has 0 saturated carbocycles. The van der Waals surface area contributed by atoms with Crippen LogP contribution in [0.1, 0.15) is 30.8 Å². The van der Waals surface area contributed by atoms with Gasteiger partial charge in [0.1, 0.15) is 11.6 Å². The van der Waals surface area contributed by atoms with Crippen molar-refractivity contribution in [1.29, 1.82) is 0 Å². The van der Waals surface area contributed by atoms with Gasteiger partial charge in [-0.25, -0.2) is 4.39 Å². The van der Waals surface area contributed by atoms with Gasteiger partial charge in [-0.05, 0) is 31.2 Å². The van der Waals surface area contributed by atoms with Crippen LogP contribution in [0.2, 0.25) is 0 Å². The Morgan fingerprint density at radius 2 is 2.05 bits per heavy atom. The largest absolute Gasteiger partial charge is 0.468 e. The first-order valence-corrected chi connectivity index (χ1v) is 6.88. The van der Waals surface area contributed by atoms with Crippen LogP contribution < -0.4 is 0 Å². The first-order chi connectivity index (χ1) is 9.70. The second-order valence-electron chi connectivity index (χ2n) is 4.77. The Hall–Kier alpha value is -1.65. The molecule has 0 spiro atoms. The maximum Gasteiger partial charge on any atom is 0.128 e. The molecule has 0 saturated heterocycles. The summed E-state index contributed by atoms with van der Waals surface area (Å²) in [6, 6.07) is 10.2. The molecule has 1 atom stereocenters. The lowest BCUT2D eigenvalue weighted by Gasteiger charge is -2.21. The van der Waals surface area contributed by atoms with Crippen molar-refractivity contribution in [2.75, 3.05) is 13.1 Å². The topological polar surface area (TPSA) is 36.6 Å². The van der Waals surface area contributed by atoms with Crippen molar-refractivity contribution in [3.05, 3.63) is 59.8 Å². The van der Waals surface area contributed by atoms with E-state index in [1.54, 1.807) is 24.5 Å². The standard InChI is InChI=1S/C16H20FNO2/c1-2-18(12-13-6-5-11-20-13)10-9-16(19)14-7-3-4-8-15(14)17/h3-8,11,16,19H,2,9-10,12H2,1H3. The van der Waals surface area contributed by atoms with Crippen LogP contribution in [0.15, 0.2) is 47.1 Å². The molecule has 0 amide bonds. The average molecular weight is 277 g/mol. The molecule has 2 rings (SSSR count). The third-order valence-corrected chi connectivity index (χ3v) is 3.39. The van der Waals surface area contributed by atoms with Gasteiger partial charge in [-0.2, -0.15) is 0 Å². The van der Waals surface area contributed by atoms with Gasteiger partial charge in [-0.1, -0.05) is 25.1 Å². The summed E-state index contributed by atoms with van der Waals surface area (Å²) in [5.41, 5.74) is 0.363. The normalized spacial score (nSPS) is 12.8. The van der Waals surface area contributed by atoms with Gasteiger partial charge < -0.3 is 9.52 Å². The SMILES string of the molecule is CCN(CCC(O)c1ccccc1F)Cc1ccco1. The van der Waals surface area contributed by atoms with E-state index in [1.807, 2.05) is 12.1 Å². The molecule has 2 aromatic rings. The van der Waals surface area contributed by atoms with Crippen LogP contribution in [0.3, 0.4) is 0 Å². The summed E-state index contributed by atoms with van der Waals surface area (Å²) in [5, 5.41) is 10.1. The summed E-state index contributed by atoms with van der Waals surface area (Å²) < 4.78 is 18.9. The fourth-order valence-corrected chi connectivity index (χ4v) is 2.18. The molecule has 4 heteroatoms. The summed E-state index contributed by atoms with van der Waals surface area (Å²) >= 11 is 0. The van der Waals surface area contributed by atoms with Gasteiger partial charge in [0.15, 0.2) is 0 Å². The van der Waals surface area contributed by atoms with E-state index in [4.69, 9.17) is 4.42 Å². The molecule has 3 nitrogen and oxygen atoms in total. The highest BCUT2D eigenvalue weighted by molar-refractivity contribution is 5.19. The molecule has 108 valence electrons. The molecule has 20 heavy (non-hydrogen) atoms. The van der Waals surface area contributed by atoms with E-state index in [1.165, 1.54) is 6.07 Å². The van der Waals surface area contributed by atoms with E-state index in [2.05, 4.69) is 11.8 Å². The van der Waals surface area contributed by atoms with Gasteiger partial charge in [0.05, 0.1) is 18.9 Å². The van der Waals surface area contributed by atoms with Crippen LogP contribution in [0, 0.1) is 5.82 Å². The van der Waals surface area contributed by atoms with Crippen molar-refractivity contribution in [2.45, 2.75) is 26.0 Å². The summed E-state index contributed by atoms with van der Waals surface area (Å²) in [6.07, 6.45) is 1.37. The highest BCUT2D eigenvalue weighted by Gasteiger charge is 2.14. The predicted molar refractivity (Wildman–Crippen MR) is 75.6 cm³/mol. The second-order valence-corrected chi connectivity index (χ2v) is 4.77. The number of aliphatic hydroxyl groups is 1. The van der Waals surface area contributed by atoms with Crippen LogP contribution in [-0.2, 0) is 6.54 Å². The number of rotatable bonds is 7. The van der Waals surface area contributed by atoms with E-state index in [9.17, 15) is 9.50 Å². The lowest BCUT2D eigenvalue weighted by molar-refractivity contribution is 0.135. The molecule has 1 unspecified atom stereocenters. The lowest BCUT2D eigenvalue weighted by Crippen LogP contribution is -2.25. The number of hydrogen-bond acceptors (Lipinski definition) is 3. The average Bonchev–Trinajstić information content (AvgIpc) is 2.96. The van der Waals surface area contributed by atoms with Gasteiger partial charge in [0, 0.05) is 12.1 Å². The summed E-state index contributed by atoms with van der Waals surface area (Å²) in [4.78, 5) is 2.16. The Balaban J connectivity index is 1.88. The number of hydrogen-bond donors (Lipinski definition) is 1. The summed E-state index contributed by atoms with van der Waals surface area (Å²) in [5.74, 6) is 0.543. The van der Waals surface area contributed by atoms with Gasteiger partial charge in [0.2, 0.25) is 0 Å². The van der Waals surface area contributed by atoms with E-state index in [-0.39, 0.29) is 5.82 Å². The number of halogens is 1.